The fourth-order valence-electron chi connectivity index (χ4n) is 2.45. The number of anilines is 2. The number of rotatable bonds is 6. The third-order valence-electron chi connectivity index (χ3n) is 3.84. The van der Waals surface area contributed by atoms with E-state index in [1.165, 1.54) is 25.9 Å². The van der Waals surface area contributed by atoms with Gasteiger partial charge < -0.3 is 15.1 Å². The maximum atomic E-state index is 4.68. The SMILES string of the molecule is CNc1cc(N(C)CCN2CCCC2)nc(C(C)C)n1. The van der Waals surface area contributed by atoms with E-state index >= 15 is 0 Å². The zero-order valence-corrected chi connectivity index (χ0v) is 13.2. The Morgan fingerprint density at radius 1 is 1.30 bits per heavy atom. The van der Waals surface area contributed by atoms with Crippen LogP contribution in [0.15, 0.2) is 6.07 Å². The van der Waals surface area contributed by atoms with E-state index in [1.54, 1.807) is 0 Å². The summed E-state index contributed by atoms with van der Waals surface area (Å²) in [6.45, 7) is 8.88. The standard InChI is InChI=1S/C15H27N5/c1-12(2)15-17-13(16-3)11-14(18-15)19(4)9-10-20-7-5-6-8-20/h11-12H,5-10H2,1-4H3,(H,16,17,18). The second-order valence-electron chi connectivity index (χ2n) is 5.84. The number of aromatic nitrogens is 2. The summed E-state index contributed by atoms with van der Waals surface area (Å²) in [7, 11) is 4.02. The number of likely N-dealkylation sites (tertiary alicyclic amines) is 1. The van der Waals surface area contributed by atoms with Gasteiger partial charge in [-0.3, -0.25) is 0 Å². The molecule has 1 saturated heterocycles. The lowest BCUT2D eigenvalue weighted by Gasteiger charge is -2.23. The largest absolute Gasteiger partial charge is 0.373 e. The first-order chi connectivity index (χ1) is 9.60. The molecule has 0 bridgehead atoms. The molecule has 0 amide bonds. The quantitative estimate of drug-likeness (QED) is 0.863. The van der Waals surface area contributed by atoms with Crippen molar-refractivity contribution < 1.29 is 0 Å². The zero-order valence-electron chi connectivity index (χ0n) is 13.2. The van der Waals surface area contributed by atoms with Gasteiger partial charge in [-0.2, -0.15) is 0 Å². The highest BCUT2D eigenvalue weighted by molar-refractivity contribution is 5.49. The summed E-state index contributed by atoms with van der Waals surface area (Å²) in [6, 6.07) is 2.02. The van der Waals surface area contributed by atoms with Crippen LogP contribution < -0.4 is 10.2 Å². The van der Waals surface area contributed by atoms with Crippen molar-refractivity contribution >= 4 is 11.6 Å². The fraction of sp³-hybridized carbons (Fsp3) is 0.733. The predicted octanol–water partition coefficient (Wildman–Crippen LogP) is 2.17. The van der Waals surface area contributed by atoms with Gasteiger partial charge >= 0.3 is 0 Å². The minimum atomic E-state index is 0.342. The summed E-state index contributed by atoms with van der Waals surface area (Å²) >= 11 is 0. The monoisotopic (exact) mass is 277 g/mol. The maximum absolute atomic E-state index is 4.68. The van der Waals surface area contributed by atoms with Crippen LogP contribution in [-0.4, -0.2) is 55.1 Å². The van der Waals surface area contributed by atoms with Crippen LogP contribution in [-0.2, 0) is 0 Å². The lowest BCUT2D eigenvalue weighted by molar-refractivity contribution is 0.346. The van der Waals surface area contributed by atoms with Crippen LogP contribution in [0.2, 0.25) is 0 Å². The molecule has 1 fully saturated rings. The van der Waals surface area contributed by atoms with Gasteiger partial charge in [-0.05, 0) is 25.9 Å². The van der Waals surface area contributed by atoms with Crippen molar-refractivity contribution in [1.29, 1.82) is 0 Å². The molecule has 0 saturated carbocycles. The average Bonchev–Trinajstić information content (AvgIpc) is 2.97. The van der Waals surface area contributed by atoms with Crippen LogP contribution >= 0.6 is 0 Å². The highest BCUT2D eigenvalue weighted by atomic mass is 15.2. The van der Waals surface area contributed by atoms with Crippen molar-refractivity contribution in [2.45, 2.75) is 32.6 Å². The Kier molecular flexibility index (Phi) is 5.17. The van der Waals surface area contributed by atoms with Gasteiger partial charge in [0.25, 0.3) is 0 Å². The highest BCUT2D eigenvalue weighted by Gasteiger charge is 2.14. The molecule has 1 aromatic heterocycles. The van der Waals surface area contributed by atoms with Crippen molar-refractivity contribution in [3.8, 4) is 0 Å². The topological polar surface area (TPSA) is 44.3 Å². The molecule has 1 aliphatic heterocycles. The van der Waals surface area contributed by atoms with Gasteiger partial charge in [0.1, 0.15) is 17.5 Å². The van der Waals surface area contributed by atoms with E-state index in [9.17, 15) is 0 Å². The summed E-state index contributed by atoms with van der Waals surface area (Å²) < 4.78 is 0. The Labute approximate surface area is 122 Å². The van der Waals surface area contributed by atoms with Gasteiger partial charge in [0, 0.05) is 39.2 Å². The van der Waals surface area contributed by atoms with Crippen LogP contribution in [0.3, 0.4) is 0 Å². The Bertz CT molecular complexity index is 426. The number of likely N-dealkylation sites (N-methyl/N-ethyl adjacent to an activating group) is 1. The van der Waals surface area contributed by atoms with E-state index in [0.717, 1.165) is 30.5 Å². The van der Waals surface area contributed by atoms with Gasteiger partial charge in [-0.25, -0.2) is 9.97 Å². The second-order valence-corrected chi connectivity index (χ2v) is 5.84. The van der Waals surface area contributed by atoms with Crippen LogP contribution in [0.4, 0.5) is 11.6 Å². The van der Waals surface area contributed by atoms with Crippen molar-refractivity contribution in [3.05, 3.63) is 11.9 Å². The lowest BCUT2D eigenvalue weighted by atomic mass is 10.2. The summed E-state index contributed by atoms with van der Waals surface area (Å²) in [6.07, 6.45) is 2.69. The molecule has 2 heterocycles. The fourth-order valence-corrected chi connectivity index (χ4v) is 2.45. The molecule has 1 aliphatic rings. The lowest BCUT2D eigenvalue weighted by Crippen LogP contribution is -2.32. The number of hydrogen-bond donors (Lipinski definition) is 1. The third-order valence-corrected chi connectivity index (χ3v) is 3.84. The smallest absolute Gasteiger partial charge is 0.135 e. The normalized spacial score (nSPS) is 15.8. The Hall–Kier alpha value is -1.36. The number of nitrogens with one attached hydrogen (secondary N) is 1. The zero-order chi connectivity index (χ0) is 14.5. The molecule has 20 heavy (non-hydrogen) atoms. The summed E-state index contributed by atoms with van der Waals surface area (Å²) in [5, 5.41) is 3.13. The molecule has 0 aromatic carbocycles. The van der Waals surface area contributed by atoms with Crippen LogP contribution in [0, 0.1) is 0 Å². The Balaban J connectivity index is 2.03. The van der Waals surface area contributed by atoms with Crippen molar-refractivity contribution in [2.24, 2.45) is 0 Å². The molecule has 0 radical (unpaired) electrons. The van der Waals surface area contributed by atoms with Crippen molar-refractivity contribution in [3.63, 3.8) is 0 Å². The molecule has 0 atom stereocenters. The minimum absolute atomic E-state index is 0.342. The molecule has 0 unspecified atom stereocenters. The molecule has 112 valence electrons. The van der Waals surface area contributed by atoms with Crippen molar-refractivity contribution in [2.75, 3.05) is 50.5 Å². The first-order valence-electron chi connectivity index (χ1n) is 7.60. The first kappa shape index (κ1) is 15.0. The van der Waals surface area contributed by atoms with Crippen LogP contribution in [0.25, 0.3) is 0 Å². The van der Waals surface area contributed by atoms with E-state index in [-0.39, 0.29) is 0 Å². The Morgan fingerprint density at radius 2 is 2.00 bits per heavy atom. The Morgan fingerprint density at radius 3 is 2.60 bits per heavy atom. The van der Waals surface area contributed by atoms with Gasteiger partial charge in [-0.1, -0.05) is 13.8 Å². The molecule has 5 nitrogen and oxygen atoms in total. The van der Waals surface area contributed by atoms with E-state index in [4.69, 9.17) is 0 Å². The summed E-state index contributed by atoms with van der Waals surface area (Å²) in [5.74, 6) is 3.15. The molecular weight excluding hydrogens is 250 g/mol. The molecule has 2 rings (SSSR count). The average molecular weight is 277 g/mol. The van der Waals surface area contributed by atoms with Gasteiger partial charge in [0.15, 0.2) is 0 Å². The van der Waals surface area contributed by atoms with Gasteiger partial charge in [-0.15, -0.1) is 0 Å². The highest BCUT2D eigenvalue weighted by Crippen LogP contribution is 2.19. The molecule has 0 aliphatic carbocycles. The predicted molar refractivity (Wildman–Crippen MR) is 84.6 cm³/mol. The van der Waals surface area contributed by atoms with Crippen molar-refractivity contribution in [1.82, 2.24) is 14.9 Å². The molecule has 1 aromatic rings. The van der Waals surface area contributed by atoms with Crippen LogP contribution in [0.1, 0.15) is 38.4 Å². The van der Waals surface area contributed by atoms with E-state index in [2.05, 4.69) is 46.0 Å². The molecule has 1 N–H and O–H groups in total. The van der Waals surface area contributed by atoms with E-state index in [0.29, 0.717) is 5.92 Å². The summed E-state index contributed by atoms with van der Waals surface area (Å²) in [4.78, 5) is 14.0. The van der Waals surface area contributed by atoms with E-state index in [1.807, 2.05) is 13.1 Å². The van der Waals surface area contributed by atoms with Crippen LogP contribution in [0.5, 0.6) is 0 Å². The molecule has 0 spiro atoms. The van der Waals surface area contributed by atoms with Gasteiger partial charge in [0.05, 0.1) is 0 Å². The molecular formula is C15H27N5. The minimum Gasteiger partial charge on any atom is -0.373 e. The third kappa shape index (κ3) is 3.82. The first-order valence-corrected chi connectivity index (χ1v) is 7.60. The van der Waals surface area contributed by atoms with E-state index < -0.39 is 0 Å². The number of hydrogen-bond acceptors (Lipinski definition) is 5. The van der Waals surface area contributed by atoms with Gasteiger partial charge in [0.2, 0.25) is 0 Å². The summed E-state index contributed by atoms with van der Waals surface area (Å²) in [5.41, 5.74) is 0. The molecule has 5 heteroatoms. The number of nitrogens with zero attached hydrogens (tertiary/aromatic N) is 4. The second kappa shape index (κ2) is 6.88. The maximum Gasteiger partial charge on any atom is 0.135 e.